The van der Waals surface area contributed by atoms with Crippen molar-refractivity contribution in [2.75, 3.05) is 0 Å². The van der Waals surface area contributed by atoms with Crippen molar-refractivity contribution in [3.05, 3.63) is 64.8 Å². The van der Waals surface area contributed by atoms with Crippen LogP contribution in [0.2, 0.25) is 0 Å². The first kappa shape index (κ1) is 14.0. The molecule has 0 aliphatic carbocycles. The summed E-state index contributed by atoms with van der Waals surface area (Å²) >= 11 is 0. The zero-order valence-electron chi connectivity index (χ0n) is 12.8. The molecule has 4 heteroatoms. The van der Waals surface area contributed by atoms with E-state index in [1.165, 1.54) is 5.56 Å². The molecule has 0 saturated carbocycles. The van der Waals surface area contributed by atoms with Crippen molar-refractivity contribution in [2.45, 2.75) is 20.8 Å². The standard InChI is InChI=1S/C18H16N4/c1-12-4-6-15(7-5-12)18-17(11-19)20-21-22(18)16-9-13(2)8-14(3)10-16/h4-10H,1-3H3. The van der Waals surface area contributed by atoms with Crippen LogP contribution in [-0.2, 0) is 0 Å². The number of nitrogens with zero attached hydrogens (tertiary/aromatic N) is 4. The minimum absolute atomic E-state index is 0.336. The summed E-state index contributed by atoms with van der Waals surface area (Å²) in [5.74, 6) is 0. The molecule has 1 aromatic heterocycles. The molecule has 0 fully saturated rings. The summed E-state index contributed by atoms with van der Waals surface area (Å²) in [7, 11) is 0. The molecule has 0 aliphatic heterocycles. The molecular weight excluding hydrogens is 272 g/mol. The van der Waals surface area contributed by atoms with Crippen molar-refractivity contribution in [1.82, 2.24) is 15.0 Å². The minimum Gasteiger partial charge on any atom is -0.211 e. The van der Waals surface area contributed by atoms with Gasteiger partial charge in [-0.25, -0.2) is 4.68 Å². The average molecular weight is 288 g/mol. The summed E-state index contributed by atoms with van der Waals surface area (Å²) in [6.45, 7) is 6.13. The lowest BCUT2D eigenvalue weighted by Gasteiger charge is -2.09. The largest absolute Gasteiger partial charge is 0.211 e. The van der Waals surface area contributed by atoms with Crippen molar-refractivity contribution in [3.8, 4) is 23.0 Å². The van der Waals surface area contributed by atoms with E-state index in [0.29, 0.717) is 5.69 Å². The van der Waals surface area contributed by atoms with Gasteiger partial charge in [-0.2, -0.15) is 5.26 Å². The van der Waals surface area contributed by atoms with Crippen LogP contribution in [0.3, 0.4) is 0 Å². The molecule has 0 N–H and O–H groups in total. The lowest BCUT2D eigenvalue weighted by molar-refractivity contribution is 0.805. The second-order valence-corrected chi connectivity index (χ2v) is 5.52. The molecule has 1 heterocycles. The summed E-state index contributed by atoms with van der Waals surface area (Å²) < 4.78 is 1.74. The fourth-order valence-electron chi connectivity index (χ4n) is 2.58. The van der Waals surface area contributed by atoms with Crippen LogP contribution in [0.4, 0.5) is 0 Å². The molecule has 0 radical (unpaired) electrons. The third-order valence-electron chi connectivity index (χ3n) is 3.55. The van der Waals surface area contributed by atoms with Crippen LogP contribution in [0, 0.1) is 32.1 Å². The highest BCUT2D eigenvalue weighted by molar-refractivity contribution is 5.67. The van der Waals surface area contributed by atoms with Gasteiger partial charge in [0, 0.05) is 5.56 Å². The molecule has 0 saturated heterocycles. The first-order chi connectivity index (χ1) is 10.6. The normalized spacial score (nSPS) is 10.5. The maximum atomic E-state index is 9.34. The summed E-state index contributed by atoms with van der Waals surface area (Å²) in [6.07, 6.45) is 0. The van der Waals surface area contributed by atoms with Crippen molar-refractivity contribution in [3.63, 3.8) is 0 Å². The first-order valence-corrected chi connectivity index (χ1v) is 7.10. The fraction of sp³-hybridized carbons (Fsp3) is 0.167. The number of aromatic nitrogens is 3. The monoisotopic (exact) mass is 288 g/mol. The van der Waals surface area contributed by atoms with Gasteiger partial charge >= 0.3 is 0 Å². The Morgan fingerprint density at radius 2 is 1.55 bits per heavy atom. The molecule has 2 aromatic carbocycles. The van der Waals surface area contributed by atoms with E-state index in [2.05, 4.69) is 22.4 Å². The van der Waals surface area contributed by atoms with E-state index < -0.39 is 0 Å². The van der Waals surface area contributed by atoms with Gasteiger partial charge in [-0.3, -0.25) is 0 Å². The zero-order valence-corrected chi connectivity index (χ0v) is 12.8. The van der Waals surface area contributed by atoms with Crippen LogP contribution < -0.4 is 0 Å². The molecule has 22 heavy (non-hydrogen) atoms. The Bertz CT molecular complexity index is 847. The van der Waals surface area contributed by atoms with Crippen molar-refractivity contribution < 1.29 is 0 Å². The van der Waals surface area contributed by atoms with Gasteiger partial charge in [-0.15, -0.1) is 5.10 Å². The average Bonchev–Trinajstić information content (AvgIpc) is 2.91. The Kier molecular flexibility index (Phi) is 3.48. The molecule has 0 bridgehead atoms. The van der Waals surface area contributed by atoms with Gasteiger partial charge in [-0.05, 0) is 44.0 Å². The third kappa shape index (κ3) is 2.49. The highest BCUT2D eigenvalue weighted by Gasteiger charge is 2.16. The van der Waals surface area contributed by atoms with Crippen molar-refractivity contribution in [2.24, 2.45) is 0 Å². The Hall–Kier alpha value is -2.93. The molecule has 0 amide bonds. The Morgan fingerprint density at radius 1 is 0.909 bits per heavy atom. The molecular formula is C18H16N4. The SMILES string of the molecule is Cc1ccc(-c2c(C#N)nnn2-c2cc(C)cc(C)c2)cc1. The van der Waals surface area contributed by atoms with Crippen LogP contribution in [0.25, 0.3) is 16.9 Å². The Labute approximate surface area is 129 Å². The van der Waals surface area contributed by atoms with Gasteiger partial charge in [0.15, 0.2) is 5.69 Å². The Morgan fingerprint density at radius 3 is 2.14 bits per heavy atom. The van der Waals surface area contributed by atoms with Crippen LogP contribution in [0.1, 0.15) is 22.4 Å². The van der Waals surface area contributed by atoms with E-state index in [4.69, 9.17) is 0 Å². The molecule has 0 atom stereocenters. The smallest absolute Gasteiger partial charge is 0.191 e. The van der Waals surface area contributed by atoms with Crippen LogP contribution in [0.5, 0.6) is 0 Å². The summed E-state index contributed by atoms with van der Waals surface area (Å²) in [5.41, 5.74) is 6.40. The van der Waals surface area contributed by atoms with E-state index in [1.54, 1.807) is 4.68 Å². The van der Waals surface area contributed by atoms with E-state index in [9.17, 15) is 5.26 Å². The molecule has 108 valence electrons. The molecule has 0 spiro atoms. The van der Waals surface area contributed by atoms with Gasteiger partial charge in [0.1, 0.15) is 11.8 Å². The number of aryl methyl sites for hydroxylation is 3. The predicted octanol–water partition coefficient (Wildman–Crippen LogP) is 3.73. The highest BCUT2D eigenvalue weighted by atomic mass is 15.4. The van der Waals surface area contributed by atoms with Crippen LogP contribution >= 0.6 is 0 Å². The molecule has 0 unspecified atom stereocenters. The second kappa shape index (κ2) is 5.45. The van der Waals surface area contributed by atoms with Gasteiger partial charge in [0.05, 0.1) is 5.69 Å². The quantitative estimate of drug-likeness (QED) is 0.722. The van der Waals surface area contributed by atoms with Crippen molar-refractivity contribution >= 4 is 0 Å². The maximum absolute atomic E-state index is 9.34. The summed E-state index contributed by atoms with van der Waals surface area (Å²) in [4.78, 5) is 0. The lowest BCUT2D eigenvalue weighted by Crippen LogP contribution is -2.01. The first-order valence-electron chi connectivity index (χ1n) is 7.10. The van der Waals surface area contributed by atoms with Crippen LogP contribution in [0.15, 0.2) is 42.5 Å². The molecule has 0 aliphatic rings. The minimum atomic E-state index is 0.336. The Balaban J connectivity index is 2.23. The number of nitriles is 1. The number of hydrogen-bond donors (Lipinski definition) is 0. The lowest BCUT2D eigenvalue weighted by atomic mass is 10.1. The zero-order chi connectivity index (χ0) is 15.7. The summed E-state index contributed by atoms with van der Waals surface area (Å²) in [5, 5.41) is 17.5. The number of benzene rings is 2. The van der Waals surface area contributed by atoms with E-state index >= 15 is 0 Å². The van der Waals surface area contributed by atoms with E-state index in [1.807, 2.05) is 57.2 Å². The topological polar surface area (TPSA) is 54.5 Å². The highest BCUT2D eigenvalue weighted by Crippen LogP contribution is 2.26. The van der Waals surface area contributed by atoms with E-state index in [0.717, 1.165) is 28.1 Å². The molecule has 3 rings (SSSR count). The van der Waals surface area contributed by atoms with E-state index in [-0.39, 0.29) is 0 Å². The number of hydrogen-bond acceptors (Lipinski definition) is 3. The van der Waals surface area contributed by atoms with Crippen molar-refractivity contribution in [1.29, 1.82) is 5.26 Å². The second-order valence-electron chi connectivity index (χ2n) is 5.52. The number of rotatable bonds is 2. The van der Waals surface area contributed by atoms with Gasteiger partial charge in [-0.1, -0.05) is 41.1 Å². The van der Waals surface area contributed by atoms with Crippen LogP contribution in [-0.4, -0.2) is 15.0 Å². The maximum Gasteiger partial charge on any atom is 0.191 e. The molecule has 3 aromatic rings. The summed E-state index contributed by atoms with van der Waals surface area (Å²) in [6, 6.07) is 16.4. The van der Waals surface area contributed by atoms with Gasteiger partial charge in [0.25, 0.3) is 0 Å². The van der Waals surface area contributed by atoms with Gasteiger partial charge in [0.2, 0.25) is 0 Å². The predicted molar refractivity (Wildman–Crippen MR) is 85.7 cm³/mol. The molecule has 4 nitrogen and oxygen atoms in total. The fourth-order valence-corrected chi connectivity index (χ4v) is 2.58. The third-order valence-corrected chi connectivity index (χ3v) is 3.55. The van der Waals surface area contributed by atoms with Gasteiger partial charge < -0.3 is 0 Å².